The fraction of sp³-hybridized carbons (Fsp3) is 0.250. The molecule has 2 N–H and O–H groups in total. The second-order valence-corrected chi connectivity index (χ2v) is 3.82. The van der Waals surface area contributed by atoms with Gasteiger partial charge in [0.2, 0.25) is 0 Å². The van der Waals surface area contributed by atoms with Crippen molar-refractivity contribution in [2.75, 3.05) is 18.9 Å². The fourth-order valence-electron chi connectivity index (χ4n) is 1.88. The lowest BCUT2D eigenvalue weighted by Crippen LogP contribution is -2.41. The van der Waals surface area contributed by atoms with Gasteiger partial charge in [-0.15, -0.1) is 0 Å². The second-order valence-electron chi connectivity index (χ2n) is 3.82. The number of pyridine rings is 1. The van der Waals surface area contributed by atoms with E-state index in [0.717, 1.165) is 0 Å². The van der Waals surface area contributed by atoms with Gasteiger partial charge in [0, 0.05) is 19.8 Å². The molecule has 0 bridgehead atoms. The molecule has 0 aliphatic carbocycles. The number of carboxylic acids is 1. The van der Waals surface area contributed by atoms with Crippen molar-refractivity contribution >= 4 is 17.7 Å². The molecular formula is C12H13N3O3. The van der Waals surface area contributed by atoms with Crippen LogP contribution in [0.25, 0.3) is 0 Å². The van der Waals surface area contributed by atoms with E-state index in [1.807, 2.05) is 0 Å². The van der Waals surface area contributed by atoms with Crippen LogP contribution < -0.4 is 5.32 Å². The average molecular weight is 247 g/mol. The fourth-order valence-corrected chi connectivity index (χ4v) is 1.88. The van der Waals surface area contributed by atoms with Gasteiger partial charge in [0.05, 0.1) is 5.56 Å². The Morgan fingerprint density at radius 1 is 1.56 bits per heavy atom. The van der Waals surface area contributed by atoms with Gasteiger partial charge in [-0.25, -0.2) is 9.78 Å². The first-order valence-corrected chi connectivity index (χ1v) is 5.48. The maximum atomic E-state index is 12.3. The third-order valence-electron chi connectivity index (χ3n) is 2.75. The summed E-state index contributed by atoms with van der Waals surface area (Å²) in [6.45, 7) is 0.299. The van der Waals surface area contributed by atoms with Crippen molar-refractivity contribution in [3.63, 3.8) is 0 Å². The van der Waals surface area contributed by atoms with Gasteiger partial charge in [-0.3, -0.25) is 4.79 Å². The van der Waals surface area contributed by atoms with Crippen LogP contribution in [0.15, 0.2) is 30.5 Å². The standard InChI is InChI=1S/C12H13N3O3/c1-13-10-8(4-2-6-14-10)11(16)15-7-3-5-9(15)12(17)18/h2-6,9H,7H2,1H3,(H,13,14)(H,17,18)/t9-/m1/s1. The SMILES string of the molecule is CNc1ncccc1C(=O)N1CC=C[C@@H]1C(=O)O. The van der Waals surface area contributed by atoms with E-state index in [2.05, 4.69) is 10.3 Å². The molecule has 0 saturated heterocycles. The summed E-state index contributed by atoms with van der Waals surface area (Å²) >= 11 is 0. The summed E-state index contributed by atoms with van der Waals surface area (Å²) in [6, 6.07) is 2.37. The van der Waals surface area contributed by atoms with Crippen LogP contribution in [-0.2, 0) is 4.79 Å². The van der Waals surface area contributed by atoms with Crippen molar-refractivity contribution in [3.05, 3.63) is 36.0 Å². The maximum absolute atomic E-state index is 12.3. The zero-order valence-electron chi connectivity index (χ0n) is 9.83. The molecule has 1 aliphatic heterocycles. The highest BCUT2D eigenvalue weighted by atomic mass is 16.4. The first kappa shape index (κ1) is 12.1. The number of nitrogens with one attached hydrogen (secondary N) is 1. The summed E-state index contributed by atoms with van der Waals surface area (Å²) in [5, 5.41) is 11.8. The Bertz CT molecular complexity index is 513. The zero-order valence-corrected chi connectivity index (χ0v) is 9.83. The monoisotopic (exact) mass is 247 g/mol. The minimum Gasteiger partial charge on any atom is -0.479 e. The highest BCUT2D eigenvalue weighted by Gasteiger charge is 2.31. The average Bonchev–Trinajstić information content (AvgIpc) is 2.87. The predicted octanol–water partition coefficient (Wildman–Crippen LogP) is 0.589. The molecule has 1 aromatic rings. The van der Waals surface area contributed by atoms with Crippen molar-refractivity contribution in [1.29, 1.82) is 0 Å². The Balaban J connectivity index is 2.29. The third kappa shape index (κ3) is 2.04. The van der Waals surface area contributed by atoms with Crippen LogP contribution >= 0.6 is 0 Å². The van der Waals surface area contributed by atoms with Crippen molar-refractivity contribution in [1.82, 2.24) is 9.88 Å². The summed E-state index contributed by atoms with van der Waals surface area (Å²) in [5.41, 5.74) is 0.370. The molecule has 0 fully saturated rings. The summed E-state index contributed by atoms with van der Waals surface area (Å²) in [4.78, 5) is 28.6. The molecule has 0 aromatic carbocycles. The van der Waals surface area contributed by atoms with Gasteiger partial charge in [0.25, 0.3) is 5.91 Å². The van der Waals surface area contributed by atoms with E-state index in [0.29, 0.717) is 17.9 Å². The van der Waals surface area contributed by atoms with E-state index in [9.17, 15) is 9.59 Å². The van der Waals surface area contributed by atoms with Gasteiger partial charge in [-0.1, -0.05) is 12.2 Å². The van der Waals surface area contributed by atoms with Crippen LogP contribution in [-0.4, -0.2) is 46.5 Å². The molecule has 0 unspecified atom stereocenters. The lowest BCUT2D eigenvalue weighted by molar-refractivity contribution is -0.140. The summed E-state index contributed by atoms with van der Waals surface area (Å²) in [6.07, 6.45) is 4.75. The molecule has 0 radical (unpaired) electrons. The molecular weight excluding hydrogens is 234 g/mol. The number of rotatable bonds is 3. The van der Waals surface area contributed by atoms with Crippen LogP contribution in [0, 0.1) is 0 Å². The van der Waals surface area contributed by atoms with Gasteiger partial charge in [-0.2, -0.15) is 0 Å². The Kier molecular flexibility index (Phi) is 3.27. The summed E-state index contributed by atoms with van der Waals surface area (Å²) < 4.78 is 0. The van der Waals surface area contributed by atoms with Gasteiger partial charge in [0.1, 0.15) is 11.9 Å². The summed E-state index contributed by atoms with van der Waals surface area (Å²) in [5.74, 6) is -0.935. The van der Waals surface area contributed by atoms with E-state index in [-0.39, 0.29) is 5.91 Å². The van der Waals surface area contributed by atoms with E-state index in [1.165, 1.54) is 11.0 Å². The van der Waals surface area contributed by atoms with Crippen molar-refractivity contribution in [3.8, 4) is 0 Å². The first-order valence-electron chi connectivity index (χ1n) is 5.48. The minimum absolute atomic E-state index is 0.299. The Hall–Kier alpha value is -2.37. The largest absolute Gasteiger partial charge is 0.479 e. The zero-order chi connectivity index (χ0) is 13.1. The minimum atomic E-state index is -1.04. The molecule has 1 atom stereocenters. The van der Waals surface area contributed by atoms with Crippen molar-refractivity contribution in [2.45, 2.75) is 6.04 Å². The van der Waals surface area contributed by atoms with Crippen LogP contribution in [0.2, 0.25) is 0 Å². The lowest BCUT2D eigenvalue weighted by atomic mass is 10.2. The smallest absolute Gasteiger partial charge is 0.330 e. The van der Waals surface area contributed by atoms with E-state index < -0.39 is 12.0 Å². The number of carbonyl (C=O) groups is 2. The Labute approximate surface area is 104 Å². The van der Waals surface area contributed by atoms with Gasteiger partial charge in [0.15, 0.2) is 0 Å². The topological polar surface area (TPSA) is 82.5 Å². The number of carbonyl (C=O) groups excluding carboxylic acids is 1. The lowest BCUT2D eigenvalue weighted by Gasteiger charge is -2.22. The van der Waals surface area contributed by atoms with Crippen LogP contribution in [0.1, 0.15) is 10.4 Å². The van der Waals surface area contributed by atoms with E-state index in [4.69, 9.17) is 5.11 Å². The number of hydrogen-bond donors (Lipinski definition) is 2. The number of aromatic nitrogens is 1. The van der Waals surface area contributed by atoms with Gasteiger partial charge in [-0.05, 0) is 12.1 Å². The predicted molar refractivity (Wildman–Crippen MR) is 65.4 cm³/mol. The third-order valence-corrected chi connectivity index (χ3v) is 2.75. The maximum Gasteiger partial charge on any atom is 0.330 e. The Morgan fingerprint density at radius 2 is 2.33 bits per heavy atom. The number of aliphatic carboxylic acids is 1. The molecule has 6 nitrogen and oxygen atoms in total. The summed E-state index contributed by atoms with van der Waals surface area (Å²) in [7, 11) is 1.66. The molecule has 1 aromatic heterocycles. The number of anilines is 1. The molecule has 6 heteroatoms. The Morgan fingerprint density at radius 3 is 3.00 bits per heavy atom. The van der Waals surface area contributed by atoms with Crippen LogP contribution in [0.5, 0.6) is 0 Å². The van der Waals surface area contributed by atoms with Gasteiger partial charge >= 0.3 is 5.97 Å². The van der Waals surface area contributed by atoms with Crippen LogP contribution in [0.3, 0.4) is 0 Å². The molecule has 18 heavy (non-hydrogen) atoms. The quantitative estimate of drug-likeness (QED) is 0.764. The van der Waals surface area contributed by atoms with E-state index >= 15 is 0 Å². The molecule has 0 spiro atoms. The molecule has 94 valence electrons. The first-order chi connectivity index (χ1) is 8.65. The molecule has 0 saturated carbocycles. The van der Waals surface area contributed by atoms with Crippen LogP contribution in [0.4, 0.5) is 5.82 Å². The van der Waals surface area contributed by atoms with Crippen molar-refractivity contribution in [2.24, 2.45) is 0 Å². The van der Waals surface area contributed by atoms with Crippen molar-refractivity contribution < 1.29 is 14.7 Å². The normalized spacial score (nSPS) is 17.8. The van der Waals surface area contributed by atoms with E-state index in [1.54, 1.807) is 31.5 Å². The highest BCUT2D eigenvalue weighted by Crippen LogP contribution is 2.18. The molecule has 2 rings (SSSR count). The molecule has 1 amide bonds. The number of nitrogens with zero attached hydrogens (tertiary/aromatic N) is 2. The highest BCUT2D eigenvalue weighted by molar-refractivity contribution is 6.01. The number of amides is 1. The number of hydrogen-bond acceptors (Lipinski definition) is 4. The second kappa shape index (κ2) is 4.87. The molecule has 2 heterocycles. The van der Waals surface area contributed by atoms with Gasteiger partial charge < -0.3 is 15.3 Å². The number of carboxylic acid groups (broad SMARTS) is 1. The molecule has 1 aliphatic rings.